The first-order chi connectivity index (χ1) is 21.9. The Morgan fingerprint density at radius 3 is 1.65 bits per heavy atom. The summed E-state index contributed by atoms with van der Waals surface area (Å²) < 4.78 is 56.3. The van der Waals surface area contributed by atoms with Crippen LogP contribution in [0.3, 0.4) is 0 Å². The number of nitrogens with one attached hydrogen (secondary N) is 3. The molecule has 12 nitrogen and oxygen atoms in total. The number of unbranched alkanes of at least 4 members (excludes halogenated alkanes) is 1. The molecule has 0 saturated carbocycles. The van der Waals surface area contributed by atoms with Crippen molar-refractivity contribution in [1.29, 1.82) is 0 Å². The third-order valence-electron chi connectivity index (χ3n) is 6.11. The summed E-state index contributed by atoms with van der Waals surface area (Å²) in [6.07, 6.45) is 0.208. The Morgan fingerprint density at radius 2 is 1.19 bits per heavy atom. The lowest BCUT2D eigenvalue weighted by atomic mass is 10.1. The molecule has 15 heteroatoms. The first kappa shape index (κ1) is 42.1. The lowest BCUT2D eigenvalue weighted by Crippen LogP contribution is -2.53. The number of hydrogen-bond donors (Lipinski definition) is 4. The van der Waals surface area contributed by atoms with Crippen LogP contribution in [0.1, 0.15) is 100.0 Å². The number of hydrogen-bond acceptors (Lipinski definition) is 9. The van der Waals surface area contributed by atoms with Crippen LogP contribution in [-0.4, -0.2) is 71.3 Å². The smallest absolute Gasteiger partial charge is 0.329 e. The third kappa shape index (κ3) is 17.3. The highest BCUT2D eigenvalue weighted by Gasteiger charge is 2.31. The topological polar surface area (TPSA) is 175 Å². The van der Waals surface area contributed by atoms with Crippen molar-refractivity contribution in [3.05, 3.63) is 35.1 Å². The van der Waals surface area contributed by atoms with E-state index in [1.54, 1.807) is 62.3 Å². The molecule has 1 rings (SSSR count). The number of ether oxygens (including phenoxy) is 3. The summed E-state index contributed by atoms with van der Waals surface area (Å²) in [6.45, 7) is 15.1. The highest BCUT2D eigenvalue weighted by molar-refractivity contribution is 5.87. The molecule has 0 spiro atoms. The second-order valence-corrected chi connectivity index (χ2v) is 14.4. The van der Waals surface area contributed by atoms with E-state index < -0.39 is 82.2 Å². The summed E-state index contributed by atoms with van der Waals surface area (Å²) >= 11 is 0. The van der Waals surface area contributed by atoms with Crippen molar-refractivity contribution in [1.82, 2.24) is 16.0 Å². The van der Waals surface area contributed by atoms with E-state index in [4.69, 9.17) is 19.9 Å². The van der Waals surface area contributed by atoms with Crippen molar-refractivity contribution in [3.63, 3.8) is 0 Å². The Balaban J connectivity index is 2.84. The van der Waals surface area contributed by atoms with E-state index in [0.717, 1.165) is 12.1 Å². The fourth-order valence-electron chi connectivity index (χ4n) is 4.15. The molecule has 0 aromatic heterocycles. The molecule has 0 bridgehead atoms. The second kappa shape index (κ2) is 18.0. The SMILES string of the molecule is CC(C)(C)OC(=O)CC[C@H](NC(=O)N[C@@H](CCCCNC(=O)[C@@H](N)Cc1cc(F)c(F)c(F)c1)C(=O)OC(C)(C)C)C(=O)OC(C)(C)C. The van der Waals surface area contributed by atoms with Crippen LogP contribution in [-0.2, 0) is 39.8 Å². The summed E-state index contributed by atoms with van der Waals surface area (Å²) in [6, 6.07) is -2.89. The van der Waals surface area contributed by atoms with Gasteiger partial charge in [-0.3, -0.25) is 9.59 Å². The molecule has 0 fully saturated rings. The van der Waals surface area contributed by atoms with Gasteiger partial charge in [-0.05, 0) is 112 Å². The van der Waals surface area contributed by atoms with Crippen molar-refractivity contribution < 1.29 is 51.4 Å². The van der Waals surface area contributed by atoms with Crippen LogP contribution < -0.4 is 21.7 Å². The summed E-state index contributed by atoms with van der Waals surface area (Å²) in [5, 5.41) is 7.60. The van der Waals surface area contributed by atoms with Gasteiger partial charge >= 0.3 is 23.9 Å². The molecule has 0 heterocycles. The standard InChI is InChI=1S/C33H51F3N4O8/c1-31(2,3)46-25(41)14-13-24(29(44)48-33(7,8)9)40-30(45)39-23(28(43)47-32(4,5)6)12-10-11-15-38-27(42)22(37)18-19-16-20(34)26(36)21(35)17-19/h16-17,22-24H,10-15,18,37H2,1-9H3,(H,38,42)(H2,39,40,45)/t22-,23-,24-/m0/s1. The molecule has 0 radical (unpaired) electrons. The van der Waals surface area contributed by atoms with Crippen LogP contribution in [0.15, 0.2) is 12.1 Å². The van der Waals surface area contributed by atoms with Gasteiger partial charge in [0, 0.05) is 13.0 Å². The molecule has 5 N–H and O–H groups in total. The quantitative estimate of drug-likeness (QED) is 0.0915. The average molecular weight is 689 g/mol. The molecule has 3 atom stereocenters. The number of carbonyl (C=O) groups is 5. The molecule has 3 amide bonds. The molecule has 1 aromatic rings. The van der Waals surface area contributed by atoms with Crippen LogP contribution >= 0.6 is 0 Å². The van der Waals surface area contributed by atoms with Gasteiger partial charge in [0.15, 0.2) is 17.5 Å². The number of halogens is 3. The number of carbonyl (C=O) groups excluding carboxylic acids is 5. The molecule has 48 heavy (non-hydrogen) atoms. The van der Waals surface area contributed by atoms with Gasteiger partial charge in [-0.2, -0.15) is 0 Å². The summed E-state index contributed by atoms with van der Waals surface area (Å²) in [5.74, 6) is -7.09. The van der Waals surface area contributed by atoms with Gasteiger partial charge in [0.25, 0.3) is 0 Å². The van der Waals surface area contributed by atoms with Crippen molar-refractivity contribution in [2.24, 2.45) is 5.73 Å². The third-order valence-corrected chi connectivity index (χ3v) is 6.11. The van der Waals surface area contributed by atoms with E-state index >= 15 is 0 Å². The van der Waals surface area contributed by atoms with E-state index in [1.807, 2.05) is 0 Å². The first-order valence-electron chi connectivity index (χ1n) is 15.8. The molecule has 0 unspecified atom stereocenters. The number of esters is 3. The predicted molar refractivity (Wildman–Crippen MR) is 171 cm³/mol. The minimum Gasteiger partial charge on any atom is -0.460 e. The Bertz CT molecular complexity index is 1270. The monoisotopic (exact) mass is 688 g/mol. The summed E-state index contributed by atoms with van der Waals surface area (Å²) in [5.41, 5.74) is 3.35. The van der Waals surface area contributed by atoms with Crippen LogP contribution in [0.4, 0.5) is 18.0 Å². The zero-order valence-corrected chi connectivity index (χ0v) is 29.3. The van der Waals surface area contributed by atoms with E-state index in [1.165, 1.54) is 0 Å². The minimum absolute atomic E-state index is 0.0114. The second-order valence-electron chi connectivity index (χ2n) is 14.4. The molecule has 272 valence electrons. The number of urea groups is 1. The van der Waals surface area contributed by atoms with Gasteiger partial charge in [0.1, 0.15) is 28.9 Å². The fourth-order valence-corrected chi connectivity index (χ4v) is 4.15. The molecule has 0 saturated heterocycles. The highest BCUT2D eigenvalue weighted by atomic mass is 19.2. The van der Waals surface area contributed by atoms with Crippen molar-refractivity contribution >= 4 is 29.8 Å². The highest BCUT2D eigenvalue weighted by Crippen LogP contribution is 2.16. The number of rotatable bonds is 15. The van der Waals surface area contributed by atoms with E-state index in [-0.39, 0.29) is 37.8 Å². The van der Waals surface area contributed by atoms with Crippen LogP contribution in [0.2, 0.25) is 0 Å². The normalized spacial score (nSPS) is 13.9. The zero-order chi connectivity index (χ0) is 37.0. The van der Waals surface area contributed by atoms with Crippen LogP contribution in [0.25, 0.3) is 0 Å². The van der Waals surface area contributed by atoms with Crippen molar-refractivity contribution in [3.8, 4) is 0 Å². The van der Waals surface area contributed by atoms with Crippen LogP contribution in [0.5, 0.6) is 0 Å². The van der Waals surface area contributed by atoms with E-state index in [9.17, 15) is 37.1 Å². The molecule has 0 aliphatic carbocycles. The maximum absolute atomic E-state index is 13.5. The van der Waals surface area contributed by atoms with Gasteiger partial charge in [0.2, 0.25) is 5.91 Å². The van der Waals surface area contributed by atoms with Gasteiger partial charge in [-0.25, -0.2) is 27.6 Å². The maximum atomic E-state index is 13.5. The van der Waals surface area contributed by atoms with Crippen molar-refractivity contribution in [2.75, 3.05) is 6.54 Å². The van der Waals surface area contributed by atoms with Gasteiger partial charge in [-0.1, -0.05) is 0 Å². The number of amides is 3. The summed E-state index contributed by atoms with van der Waals surface area (Å²) in [4.78, 5) is 63.6. The molecule has 0 aliphatic rings. The molecular formula is C33H51F3N4O8. The molecule has 1 aromatic carbocycles. The van der Waals surface area contributed by atoms with Gasteiger partial charge in [0.05, 0.1) is 6.04 Å². The molecular weight excluding hydrogens is 637 g/mol. The molecule has 0 aliphatic heterocycles. The number of benzene rings is 1. The van der Waals surface area contributed by atoms with Gasteiger partial charge < -0.3 is 35.9 Å². The zero-order valence-electron chi connectivity index (χ0n) is 29.3. The Morgan fingerprint density at radius 1 is 0.729 bits per heavy atom. The fraction of sp³-hybridized carbons (Fsp3) is 0.667. The van der Waals surface area contributed by atoms with Crippen LogP contribution in [0, 0.1) is 17.5 Å². The largest absolute Gasteiger partial charge is 0.460 e. The van der Waals surface area contributed by atoms with E-state index in [0.29, 0.717) is 12.8 Å². The summed E-state index contributed by atoms with van der Waals surface area (Å²) in [7, 11) is 0. The Hall–Kier alpha value is -3.88. The van der Waals surface area contributed by atoms with Crippen molar-refractivity contribution in [2.45, 2.75) is 136 Å². The maximum Gasteiger partial charge on any atom is 0.329 e. The Labute approximate surface area is 280 Å². The van der Waals surface area contributed by atoms with E-state index in [2.05, 4.69) is 16.0 Å². The van der Waals surface area contributed by atoms with Gasteiger partial charge in [-0.15, -0.1) is 0 Å². The average Bonchev–Trinajstić information content (AvgIpc) is 2.89. The number of nitrogens with two attached hydrogens (primary N) is 1. The Kier molecular flexibility index (Phi) is 15.8. The predicted octanol–water partition coefficient (Wildman–Crippen LogP) is 4.10. The minimum atomic E-state index is -1.62. The first-order valence-corrected chi connectivity index (χ1v) is 15.8. The lowest BCUT2D eigenvalue weighted by Gasteiger charge is -2.27. The lowest BCUT2D eigenvalue weighted by molar-refractivity contribution is -0.159.